The van der Waals surface area contributed by atoms with Gasteiger partial charge >= 0.3 is 0 Å². The van der Waals surface area contributed by atoms with Crippen LogP contribution in [0.3, 0.4) is 0 Å². The second-order valence-electron chi connectivity index (χ2n) is 5.31. The van der Waals surface area contributed by atoms with Crippen molar-refractivity contribution in [3.8, 4) is 0 Å². The van der Waals surface area contributed by atoms with E-state index in [1.54, 1.807) is 0 Å². The highest BCUT2D eigenvalue weighted by Gasteiger charge is 2.11. The molecule has 0 heterocycles. The molecule has 1 heteroatoms. The highest BCUT2D eigenvalue weighted by atomic mass is 15.2. The third-order valence-corrected chi connectivity index (χ3v) is 2.77. The number of unbranched alkanes of at least 4 members (excludes halogenated alkanes) is 1. The van der Waals surface area contributed by atoms with Gasteiger partial charge in [0.25, 0.3) is 0 Å². The molecular formula is C13H29N. The molecule has 0 fully saturated rings. The van der Waals surface area contributed by atoms with Crippen LogP contribution in [0.1, 0.15) is 60.8 Å². The van der Waals surface area contributed by atoms with Gasteiger partial charge in [0.1, 0.15) is 0 Å². The molecule has 0 saturated heterocycles. The molecular weight excluding hydrogens is 170 g/mol. The summed E-state index contributed by atoms with van der Waals surface area (Å²) in [6, 6.07) is 1.38. The van der Waals surface area contributed by atoms with Gasteiger partial charge in [0.05, 0.1) is 0 Å². The lowest BCUT2D eigenvalue weighted by molar-refractivity contribution is 0.170. The van der Waals surface area contributed by atoms with Gasteiger partial charge in [-0.2, -0.15) is 0 Å². The van der Waals surface area contributed by atoms with Crippen molar-refractivity contribution in [1.82, 2.24) is 4.90 Å². The van der Waals surface area contributed by atoms with Crippen molar-refractivity contribution in [2.24, 2.45) is 5.92 Å². The number of hydrogen-bond acceptors (Lipinski definition) is 1. The van der Waals surface area contributed by atoms with E-state index in [4.69, 9.17) is 0 Å². The molecule has 0 rings (SSSR count). The Balaban J connectivity index is 3.62. The van der Waals surface area contributed by atoms with E-state index >= 15 is 0 Å². The summed E-state index contributed by atoms with van der Waals surface area (Å²) in [4.78, 5) is 2.58. The average molecular weight is 199 g/mol. The highest BCUT2D eigenvalue weighted by Crippen LogP contribution is 2.10. The van der Waals surface area contributed by atoms with Crippen LogP contribution in [0, 0.1) is 5.92 Å². The molecule has 0 saturated carbocycles. The number of hydrogen-bond donors (Lipinski definition) is 0. The first-order chi connectivity index (χ1) is 6.45. The van der Waals surface area contributed by atoms with Crippen molar-refractivity contribution in [2.75, 3.05) is 6.54 Å². The van der Waals surface area contributed by atoms with Crippen LogP contribution in [-0.4, -0.2) is 23.5 Å². The maximum Gasteiger partial charge on any atom is 0.00412 e. The van der Waals surface area contributed by atoms with Crippen LogP contribution < -0.4 is 0 Å². The van der Waals surface area contributed by atoms with E-state index in [1.165, 1.54) is 25.8 Å². The molecule has 0 aromatic rings. The van der Waals surface area contributed by atoms with Crippen LogP contribution in [0.4, 0.5) is 0 Å². The zero-order valence-corrected chi connectivity index (χ0v) is 11.0. The third kappa shape index (κ3) is 6.42. The summed E-state index contributed by atoms with van der Waals surface area (Å²) in [5.41, 5.74) is 0. The molecule has 1 nitrogen and oxygen atoms in total. The van der Waals surface area contributed by atoms with Crippen LogP contribution in [-0.2, 0) is 0 Å². The summed E-state index contributed by atoms with van der Waals surface area (Å²) in [6.07, 6.45) is 4.12. The lowest BCUT2D eigenvalue weighted by Crippen LogP contribution is -2.37. The molecule has 0 amide bonds. The summed E-state index contributed by atoms with van der Waals surface area (Å²) in [7, 11) is 0. The molecule has 0 aliphatic rings. The Morgan fingerprint density at radius 2 is 1.29 bits per heavy atom. The minimum absolute atomic E-state index is 0.689. The van der Waals surface area contributed by atoms with E-state index < -0.39 is 0 Å². The first-order valence-electron chi connectivity index (χ1n) is 6.20. The topological polar surface area (TPSA) is 3.24 Å². The summed E-state index contributed by atoms with van der Waals surface area (Å²) in [6.45, 7) is 15.1. The van der Waals surface area contributed by atoms with Crippen molar-refractivity contribution in [3.63, 3.8) is 0 Å². The molecule has 14 heavy (non-hydrogen) atoms. The SMILES string of the molecule is CC(C)CCCCN(C(C)C)C(C)C. The Hall–Kier alpha value is -0.0400. The maximum atomic E-state index is 2.58. The van der Waals surface area contributed by atoms with Crippen molar-refractivity contribution < 1.29 is 0 Å². The predicted molar refractivity (Wildman–Crippen MR) is 65.7 cm³/mol. The Labute approximate surface area is 90.9 Å². The fourth-order valence-corrected chi connectivity index (χ4v) is 1.96. The van der Waals surface area contributed by atoms with Gasteiger partial charge in [-0.15, -0.1) is 0 Å². The van der Waals surface area contributed by atoms with E-state index in [-0.39, 0.29) is 0 Å². The van der Waals surface area contributed by atoms with Gasteiger partial charge in [-0.05, 0) is 46.6 Å². The molecule has 0 bridgehead atoms. The molecule has 0 N–H and O–H groups in total. The third-order valence-electron chi connectivity index (χ3n) is 2.77. The van der Waals surface area contributed by atoms with Crippen molar-refractivity contribution in [3.05, 3.63) is 0 Å². The Kier molecular flexibility index (Phi) is 7.26. The van der Waals surface area contributed by atoms with Crippen LogP contribution in [0.25, 0.3) is 0 Å². The highest BCUT2D eigenvalue weighted by molar-refractivity contribution is 4.67. The van der Waals surface area contributed by atoms with Gasteiger partial charge in [-0.1, -0.05) is 26.7 Å². The molecule has 0 aliphatic carbocycles. The van der Waals surface area contributed by atoms with Gasteiger partial charge in [0, 0.05) is 12.1 Å². The standard InChI is InChI=1S/C13H29N/c1-11(2)9-7-8-10-14(12(3)4)13(5)6/h11-13H,7-10H2,1-6H3. The van der Waals surface area contributed by atoms with Crippen LogP contribution >= 0.6 is 0 Å². The fraction of sp³-hybridized carbons (Fsp3) is 1.00. The van der Waals surface area contributed by atoms with Crippen molar-refractivity contribution in [2.45, 2.75) is 72.9 Å². The normalized spacial score (nSPS) is 12.4. The zero-order chi connectivity index (χ0) is 11.1. The van der Waals surface area contributed by atoms with Gasteiger partial charge < -0.3 is 0 Å². The maximum absolute atomic E-state index is 2.58. The van der Waals surface area contributed by atoms with Crippen molar-refractivity contribution in [1.29, 1.82) is 0 Å². The van der Waals surface area contributed by atoms with E-state index in [9.17, 15) is 0 Å². The molecule has 0 aromatic heterocycles. The van der Waals surface area contributed by atoms with Gasteiger partial charge in [0.15, 0.2) is 0 Å². The smallest absolute Gasteiger partial charge is 0.00412 e. The van der Waals surface area contributed by atoms with E-state index in [1.807, 2.05) is 0 Å². The van der Waals surface area contributed by atoms with E-state index in [2.05, 4.69) is 46.4 Å². The second-order valence-corrected chi connectivity index (χ2v) is 5.31. The summed E-state index contributed by atoms with van der Waals surface area (Å²) < 4.78 is 0. The molecule has 86 valence electrons. The summed E-state index contributed by atoms with van der Waals surface area (Å²) in [5.74, 6) is 0.863. The molecule has 0 spiro atoms. The van der Waals surface area contributed by atoms with Crippen LogP contribution in [0.2, 0.25) is 0 Å². The monoisotopic (exact) mass is 199 g/mol. The van der Waals surface area contributed by atoms with Crippen molar-refractivity contribution >= 4 is 0 Å². The van der Waals surface area contributed by atoms with E-state index in [0.717, 1.165) is 5.92 Å². The number of nitrogens with zero attached hydrogens (tertiary/aromatic N) is 1. The summed E-state index contributed by atoms with van der Waals surface area (Å²) in [5, 5.41) is 0. The quantitative estimate of drug-likeness (QED) is 0.562. The minimum Gasteiger partial charge on any atom is -0.299 e. The Morgan fingerprint density at radius 1 is 0.786 bits per heavy atom. The molecule has 0 aromatic carbocycles. The fourth-order valence-electron chi connectivity index (χ4n) is 1.96. The molecule has 0 aliphatic heterocycles. The number of rotatable bonds is 7. The first-order valence-corrected chi connectivity index (χ1v) is 6.20. The molecule has 0 radical (unpaired) electrons. The second kappa shape index (κ2) is 7.28. The molecule has 0 atom stereocenters. The predicted octanol–water partition coefficient (Wildman–Crippen LogP) is 3.93. The average Bonchev–Trinajstić information content (AvgIpc) is 2.01. The van der Waals surface area contributed by atoms with Gasteiger partial charge in [0.2, 0.25) is 0 Å². The first kappa shape index (κ1) is 14.0. The van der Waals surface area contributed by atoms with Crippen LogP contribution in [0.15, 0.2) is 0 Å². The minimum atomic E-state index is 0.689. The zero-order valence-electron chi connectivity index (χ0n) is 11.0. The van der Waals surface area contributed by atoms with Gasteiger partial charge in [-0.25, -0.2) is 0 Å². The lowest BCUT2D eigenvalue weighted by Gasteiger charge is -2.30. The van der Waals surface area contributed by atoms with Gasteiger partial charge in [-0.3, -0.25) is 4.90 Å². The summed E-state index contributed by atoms with van der Waals surface area (Å²) >= 11 is 0. The molecule has 0 unspecified atom stereocenters. The Morgan fingerprint density at radius 3 is 1.64 bits per heavy atom. The lowest BCUT2D eigenvalue weighted by atomic mass is 10.1. The van der Waals surface area contributed by atoms with E-state index in [0.29, 0.717) is 12.1 Å². The van der Waals surface area contributed by atoms with Crippen LogP contribution in [0.5, 0.6) is 0 Å². The Bertz CT molecular complexity index is 119. The largest absolute Gasteiger partial charge is 0.299 e.